The topological polar surface area (TPSA) is 68.2 Å². The van der Waals surface area contributed by atoms with Crippen LogP contribution in [0.2, 0.25) is 0 Å². The Bertz CT molecular complexity index is 682. The van der Waals surface area contributed by atoms with Gasteiger partial charge in [0.1, 0.15) is 5.60 Å². The van der Waals surface area contributed by atoms with Crippen molar-refractivity contribution in [2.24, 2.45) is 0 Å². The molecule has 2 bridgehead atoms. The van der Waals surface area contributed by atoms with Gasteiger partial charge in [-0.05, 0) is 57.7 Å². The molecule has 0 aliphatic carbocycles. The Morgan fingerprint density at radius 3 is 2.22 bits per heavy atom. The summed E-state index contributed by atoms with van der Waals surface area (Å²) in [6.45, 7) is 5.64. The van der Waals surface area contributed by atoms with E-state index < -0.39 is 11.2 Å². The van der Waals surface area contributed by atoms with E-state index in [1.807, 2.05) is 43.9 Å². The largest absolute Gasteiger partial charge is 0.493 e. The van der Waals surface area contributed by atoms with Gasteiger partial charge in [-0.3, -0.25) is 0 Å². The lowest BCUT2D eigenvalue weighted by Gasteiger charge is -2.51. The average molecular weight is 377 g/mol. The molecule has 1 aromatic rings. The molecule has 0 saturated carbocycles. The van der Waals surface area contributed by atoms with Crippen molar-refractivity contribution in [2.45, 2.75) is 76.2 Å². The SMILES string of the molecule is COc1ccc(C2(O)CC3CCCC(C2)N3C(=O)OC(C)(C)C)cc1OC. The highest BCUT2D eigenvalue weighted by molar-refractivity contribution is 5.69. The van der Waals surface area contributed by atoms with Crippen LogP contribution >= 0.6 is 0 Å². The van der Waals surface area contributed by atoms with Gasteiger partial charge in [-0.1, -0.05) is 6.07 Å². The van der Waals surface area contributed by atoms with Crippen molar-refractivity contribution in [2.75, 3.05) is 14.2 Å². The molecule has 3 rings (SSSR count). The van der Waals surface area contributed by atoms with Gasteiger partial charge < -0.3 is 24.2 Å². The third kappa shape index (κ3) is 4.00. The van der Waals surface area contributed by atoms with E-state index in [1.165, 1.54) is 0 Å². The molecule has 1 amide bonds. The van der Waals surface area contributed by atoms with Crippen molar-refractivity contribution in [1.29, 1.82) is 0 Å². The number of methoxy groups -OCH3 is 2. The molecule has 1 aromatic carbocycles. The molecule has 0 radical (unpaired) electrons. The van der Waals surface area contributed by atoms with E-state index in [4.69, 9.17) is 14.2 Å². The number of amides is 1. The molecule has 2 heterocycles. The maximum Gasteiger partial charge on any atom is 0.410 e. The summed E-state index contributed by atoms with van der Waals surface area (Å²) in [5.74, 6) is 1.24. The number of aliphatic hydroxyl groups is 1. The maximum absolute atomic E-state index is 12.7. The first-order valence-electron chi connectivity index (χ1n) is 9.63. The fraction of sp³-hybridized carbons (Fsp3) is 0.667. The Labute approximate surface area is 161 Å². The molecule has 2 fully saturated rings. The van der Waals surface area contributed by atoms with E-state index in [9.17, 15) is 9.90 Å². The molecule has 2 aliphatic rings. The Morgan fingerprint density at radius 2 is 1.70 bits per heavy atom. The molecule has 6 heteroatoms. The summed E-state index contributed by atoms with van der Waals surface area (Å²) >= 11 is 0. The monoisotopic (exact) mass is 377 g/mol. The lowest BCUT2D eigenvalue weighted by atomic mass is 9.72. The van der Waals surface area contributed by atoms with Gasteiger partial charge in [0, 0.05) is 24.9 Å². The molecule has 0 spiro atoms. The van der Waals surface area contributed by atoms with Crippen LogP contribution in [0.5, 0.6) is 11.5 Å². The highest BCUT2D eigenvalue weighted by Crippen LogP contribution is 2.46. The summed E-state index contributed by atoms with van der Waals surface area (Å²) in [4.78, 5) is 14.6. The van der Waals surface area contributed by atoms with Crippen molar-refractivity contribution in [3.63, 3.8) is 0 Å². The van der Waals surface area contributed by atoms with Crippen molar-refractivity contribution >= 4 is 6.09 Å². The van der Waals surface area contributed by atoms with Crippen LogP contribution in [0.1, 0.15) is 58.4 Å². The first kappa shape index (κ1) is 19.8. The lowest BCUT2D eigenvalue weighted by molar-refractivity contribution is -0.0966. The zero-order valence-corrected chi connectivity index (χ0v) is 16.9. The zero-order chi connectivity index (χ0) is 19.8. The van der Waals surface area contributed by atoms with Gasteiger partial charge in [0.15, 0.2) is 11.5 Å². The summed E-state index contributed by atoms with van der Waals surface area (Å²) < 4.78 is 16.3. The fourth-order valence-corrected chi connectivity index (χ4v) is 4.40. The van der Waals surface area contributed by atoms with Crippen LogP contribution in [0.25, 0.3) is 0 Å². The third-order valence-electron chi connectivity index (χ3n) is 5.53. The van der Waals surface area contributed by atoms with Crippen molar-refractivity contribution in [3.8, 4) is 11.5 Å². The van der Waals surface area contributed by atoms with Crippen LogP contribution in [0.4, 0.5) is 4.79 Å². The fourth-order valence-electron chi connectivity index (χ4n) is 4.40. The lowest BCUT2D eigenvalue weighted by Crippen LogP contribution is -2.59. The second-order valence-corrected chi connectivity index (χ2v) is 8.64. The van der Waals surface area contributed by atoms with E-state index in [2.05, 4.69) is 0 Å². The Morgan fingerprint density at radius 1 is 1.11 bits per heavy atom. The van der Waals surface area contributed by atoms with Crippen molar-refractivity contribution in [3.05, 3.63) is 23.8 Å². The number of fused-ring (bicyclic) bond motifs is 2. The number of carbonyl (C=O) groups excluding carboxylic acids is 1. The Kier molecular flexibility index (Phi) is 5.30. The summed E-state index contributed by atoms with van der Waals surface area (Å²) in [6.07, 6.45) is 3.55. The first-order chi connectivity index (χ1) is 12.7. The zero-order valence-electron chi connectivity index (χ0n) is 16.9. The minimum absolute atomic E-state index is 0.0227. The molecule has 2 aliphatic heterocycles. The number of hydrogen-bond acceptors (Lipinski definition) is 5. The van der Waals surface area contributed by atoms with Gasteiger partial charge in [-0.15, -0.1) is 0 Å². The van der Waals surface area contributed by atoms with Crippen LogP contribution in [-0.2, 0) is 10.3 Å². The average Bonchev–Trinajstić information content (AvgIpc) is 2.58. The molecule has 1 N–H and O–H groups in total. The number of carbonyl (C=O) groups is 1. The number of ether oxygens (including phenoxy) is 3. The van der Waals surface area contributed by atoms with Crippen molar-refractivity contribution in [1.82, 2.24) is 4.90 Å². The van der Waals surface area contributed by atoms with Crippen LogP contribution < -0.4 is 9.47 Å². The molecule has 2 atom stereocenters. The number of nitrogens with zero attached hydrogens (tertiary/aromatic N) is 1. The van der Waals surface area contributed by atoms with Crippen LogP contribution in [-0.4, -0.2) is 48.0 Å². The minimum Gasteiger partial charge on any atom is -0.493 e. The van der Waals surface area contributed by atoms with E-state index in [0.29, 0.717) is 24.3 Å². The molecule has 150 valence electrons. The Balaban J connectivity index is 1.86. The van der Waals surface area contributed by atoms with E-state index in [-0.39, 0.29) is 18.2 Å². The predicted molar refractivity (Wildman–Crippen MR) is 102 cm³/mol. The van der Waals surface area contributed by atoms with Gasteiger partial charge >= 0.3 is 6.09 Å². The van der Waals surface area contributed by atoms with Crippen LogP contribution in [0, 0.1) is 0 Å². The minimum atomic E-state index is -0.992. The standard InChI is InChI=1S/C21H31NO5/c1-20(2,3)27-19(23)22-15-7-6-8-16(22)13-21(24,12-15)14-9-10-17(25-4)18(11-14)26-5/h9-11,15-16,24H,6-8,12-13H2,1-5H3. The first-order valence-corrected chi connectivity index (χ1v) is 9.63. The van der Waals surface area contributed by atoms with Crippen LogP contribution in [0.15, 0.2) is 18.2 Å². The third-order valence-corrected chi connectivity index (χ3v) is 5.53. The molecule has 6 nitrogen and oxygen atoms in total. The summed E-state index contributed by atoms with van der Waals surface area (Å²) in [5, 5.41) is 11.5. The normalized spacial score (nSPS) is 27.9. The molecule has 2 saturated heterocycles. The second kappa shape index (κ2) is 7.23. The highest BCUT2D eigenvalue weighted by atomic mass is 16.6. The summed E-state index contributed by atoms with van der Waals surface area (Å²) in [7, 11) is 3.18. The van der Waals surface area contributed by atoms with Crippen molar-refractivity contribution < 1.29 is 24.1 Å². The van der Waals surface area contributed by atoms with Gasteiger partial charge in [0.05, 0.1) is 19.8 Å². The molecular formula is C21H31NO5. The van der Waals surface area contributed by atoms with Gasteiger partial charge in [0.25, 0.3) is 0 Å². The van der Waals surface area contributed by atoms with E-state index in [0.717, 1.165) is 24.8 Å². The van der Waals surface area contributed by atoms with E-state index in [1.54, 1.807) is 14.2 Å². The van der Waals surface area contributed by atoms with Crippen LogP contribution in [0.3, 0.4) is 0 Å². The van der Waals surface area contributed by atoms with Gasteiger partial charge in [-0.25, -0.2) is 4.79 Å². The molecule has 2 unspecified atom stereocenters. The molecule has 0 aromatic heterocycles. The smallest absolute Gasteiger partial charge is 0.410 e. The highest BCUT2D eigenvalue weighted by Gasteiger charge is 2.49. The number of rotatable bonds is 3. The number of hydrogen-bond donors (Lipinski definition) is 1. The van der Waals surface area contributed by atoms with Gasteiger partial charge in [0.2, 0.25) is 0 Å². The predicted octanol–water partition coefficient (Wildman–Crippen LogP) is 3.84. The Hall–Kier alpha value is -1.95. The molecule has 27 heavy (non-hydrogen) atoms. The van der Waals surface area contributed by atoms with E-state index >= 15 is 0 Å². The summed E-state index contributed by atoms with van der Waals surface area (Å²) in [5.41, 5.74) is -0.711. The maximum atomic E-state index is 12.7. The quantitative estimate of drug-likeness (QED) is 0.867. The van der Waals surface area contributed by atoms with Gasteiger partial charge in [-0.2, -0.15) is 0 Å². The number of benzene rings is 1. The number of piperidine rings is 2. The second-order valence-electron chi connectivity index (χ2n) is 8.64. The summed E-state index contributed by atoms with van der Waals surface area (Å²) in [6, 6.07) is 5.51. The molecular weight excluding hydrogens is 346 g/mol.